The van der Waals surface area contributed by atoms with Crippen molar-refractivity contribution in [3.05, 3.63) is 47.4 Å². The fourth-order valence-corrected chi connectivity index (χ4v) is 9.55. The van der Waals surface area contributed by atoms with Crippen molar-refractivity contribution in [1.82, 2.24) is 10.6 Å². The minimum atomic E-state index is -1.20. The molecule has 2 amide bonds. The highest BCUT2D eigenvalue weighted by Crippen LogP contribution is 2.44. The van der Waals surface area contributed by atoms with Gasteiger partial charge in [-0.2, -0.15) is 0 Å². The largest absolute Gasteiger partial charge is 0.495 e. The molecule has 0 bridgehead atoms. The standard InChI is InChI=1S/C38H55Br4N3O6/c1-4-5-6-11-15-26(2)16-12-9-7-8-10-13-17-32(46)43-20-18-27-22-28(39)34(29(40)23-27)50-21-14-19-44-37(48)31-25-38(51-45-31)24-30(41)35(49-3)33(42)36(38)47/h22-24,26,36,47H,4-21,25H2,1-3H3,(H,43,46)(H,44,48)/t26?,36-,38+/m0/s1. The van der Waals surface area contributed by atoms with E-state index in [1.807, 2.05) is 12.1 Å². The van der Waals surface area contributed by atoms with Crippen LogP contribution >= 0.6 is 63.7 Å². The average Bonchev–Trinajstić information content (AvgIpc) is 3.52. The number of unbranched alkanes of at least 4 members (excludes halogenated alkanes) is 8. The van der Waals surface area contributed by atoms with E-state index in [2.05, 4.69) is 93.4 Å². The summed E-state index contributed by atoms with van der Waals surface area (Å²) in [5, 5.41) is 20.7. The number of hydrogen-bond donors (Lipinski definition) is 3. The van der Waals surface area contributed by atoms with Gasteiger partial charge in [-0.3, -0.25) is 9.59 Å². The zero-order chi connectivity index (χ0) is 37.2. The molecule has 1 aliphatic heterocycles. The molecule has 0 aromatic heterocycles. The lowest BCUT2D eigenvalue weighted by Gasteiger charge is -2.33. The maximum Gasteiger partial charge on any atom is 0.269 e. The molecule has 0 saturated carbocycles. The number of ether oxygens (including phenoxy) is 2. The number of aliphatic hydroxyl groups excluding tert-OH is 1. The van der Waals surface area contributed by atoms with Crippen molar-refractivity contribution in [3.63, 3.8) is 0 Å². The van der Waals surface area contributed by atoms with E-state index in [4.69, 9.17) is 14.3 Å². The van der Waals surface area contributed by atoms with Crippen LogP contribution in [0.25, 0.3) is 0 Å². The number of nitrogens with zero attached hydrogens (tertiary/aromatic N) is 1. The number of halogens is 4. The van der Waals surface area contributed by atoms with Crippen LogP contribution in [0.2, 0.25) is 0 Å². The first-order valence-corrected chi connectivity index (χ1v) is 21.6. The van der Waals surface area contributed by atoms with Crippen LogP contribution in [0.3, 0.4) is 0 Å². The van der Waals surface area contributed by atoms with Crippen LogP contribution in [0.4, 0.5) is 0 Å². The predicted octanol–water partition coefficient (Wildman–Crippen LogP) is 9.90. The van der Waals surface area contributed by atoms with Gasteiger partial charge in [-0.25, -0.2) is 0 Å². The first-order chi connectivity index (χ1) is 24.5. The van der Waals surface area contributed by atoms with Crippen molar-refractivity contribution >= 4 is 81.2 Å². The number of nitrogens with one attached hydrogen (secondary N) is 2. The van der Waals surface area contributed by atoms with E-state index in [-0.39, 0.29) is 23.9 Å². The molecule has 3 N–H and O–H groups in total. The van der Waals surface area contributed by atoms with Crippen LogP contribution in [0.1, 0.15) is 116 Å². The fourth-order valence-electron chi connectivity index (χ4n) is 6.25. The number of aliphatic hydroxyl groups is 1. The summed E-state index contributed by atoms with van der Waals surface area (Å²) >= 11 is 14.0. The summed E-state index contributed by atoms with van der Waals surface area (Å²) in [6.45, 7) is 6.00. The Bertz CT molecular complexity index is 1360. The molecular weight excluding hydrogens is 914 g/mol. The molecule has 1 heterocycles. The lowest BCUT2D eigenvalue weighted by atomic mass is 9.87. The summed E-state index contributed by atoms with van der Waals surface area (Å²) in [7, 11) is 1.50. The predicted molar refractivity (Wildman–Crippen MR) is 218 cm³/mol. The minimum absolute atomic E-state index is 0.104. The number of amides is 2. The Morgan fingerprint density at radius 1 is 0.961 bits per heavy atom. The van der Waals surface area contributed by atoms with Gasteiger partial charge in [0.05, 0.1) is 31.6 Å². The van der Waals surface area contributed by atoms with E-state index in [9.17, 15) is 14.7 Å². The van der Waals surface area contributed by atoms with E-state index in [0.29, 0.717) is 59.4 Å². The maximum absolute atomic E-state index is 12.8. The van der Waals surface area contributed by atoms with Crippen LogP contribution < -0.4 is 15.4 Å². The molecule has 0 fully saturated rings. The van der Waals surface area contributed by atoms with Crippen molar-refractivity contribution in [3.8, 4) is 5.75 Å². The van der Waals surface area contributed by atoms with Gasteiger partial charge in [0.2, 0.25) is 5.91 Å². The Morgan fingerprint density at radius 2 is 1.61 bits per heavy atom. The molecule has 1 aliphatic carbocycles. The molecule has 1 spiro atoms. The molecule has 3 rings (SSSR count). The summed E-state index contributed by atoms with van der Waals surface area (Å²) in [5.74, 6) is 1.75. The fraction of sp³-hybridized carbons (Fsp3) is 0.658. The molecule has 1 aromatic rings. The second-order valence-electron chi connectivity index (χ2n) is 13.6. The van der Waals surface area contributed by atoms with Crippen LogP contribution in [-0.4, -0.2) is 61.1 Å². The molecule has 286 valence electrons. The molecule has 13 heteroatoms. The van der Waals surface area contributed by atoms with Gasteiger partial charge < -0.3 is 30.1 Å². The molecule has 0 radical (unpaired) electrons. The highest BCUT2D eigenvalue weighted by atomic mass is 79.9. The summed E-state index contributed by atoms with van der Waals surface area (Å²) in [5.41, 5.74) is 0.0722. The van der Waals surface area contributed by atoms with Gasteiger partial charge in [0.1, 0.15) is 23.3 Å². The van der Waals surface area contributed by atoms with Crippen LogP contribution in [0, 0.1) is 5.92 Å². The summed E-state index contributed by atoms with van der Waals surface area (Å²) < 4.78 is 13.9. The van der Waals surface area contributed by atoms with Crippen molar-refractivity contribution in [2.45, 2.75) is 128 Å². The van der Waals surface area contributed by atoms with E-state index < -0.39 is 11.7 Å². The van der Waals surface area contributed by atoms with E-state index in [1.54, 1.807) is 6.08 Å². The number of hydrogen-bond acceptors (Lipinski definition) is 7. The number of allylic oxidation sites excluding steroid dienone is 1. The van der Waals surface area contributed by atoms with E-state index >= 15 is 0 Å². The zero-order valence-electron chi connectivity index (χ0n) is 30.3. The molecule has 2 aliphatic rings. The van der Waals surface area contributed by atoms with E-state index in [0.717, 1.165) is 33.3 Å². The van der Waals surface area contributed by atoms with Gasteiger partial charge in [-0.1, -0.05) is 89.6 Å². The molecule has 0 saturated heterocycles. The quantitative estimate of drug-likeness (QED) is 0.0889. The number of benzene rings is 1. The number of carbonyl (C=O) groups excluding carboxylic acids is 2. The molecule has 1 aromatic carbocycles. The van der Waals surface area contributed by atoms with E-state index in [1.165, 1.54) is 71.3 Å². The third-order valence-electron chi connectivity index (χ3n) is 9.29. The third kappa shape index (κ3) is 14.4. The lowest BCUT2D eigenvalue weighted by molar-refractivity contribution is -0.121. The Balaban J connectivity index is 1.25. The summed E-state index contributed by atoms with van der Waals surface area (Å²) in [6, 6.07) is 4.01. The van der Waals surface area contributed by atoms with Gasteiger partial charge in [-0.05, 0) is 113 Å². The Hall–Kier alpha value is -1.41. The number of methoxy groups -OCH3 is 1. The molecular formula is C38H55Br4N3O6. The average molecular weight is 969 g/mol. The smallest absolute Gasteiger partial charge is 0.269 e. The molecule has 1 unspecified atom stereocenters. The zero-order valence-corrected chi connectivity index (χ0v) is 36.6. The normalized spacial score (nSPS) is 19.0. The maximum atomic E-state index is 12.8. The summed E-state index contributed by atoms with van der Waals surface area (Å²) in [6.07, 6.45) is 17.9. The second kappa shape index (κ2) is 23.4. The van der Waals surface area contributed by atoms with Crippen LogP contribution in [0.5, 0.6) is 5.75 Å². The van der Waals surface area contributed by atoms with Crippen molar-refractivity contribution in [2.24, 2.45) is 11.1 Å². The third-order valence-corrected chi connectivity index (χ3v) is 11.9. The Kier molecular flexibility index (Phi) is 20.2. The topological polar surface area (TPSA) is 118 Å². The van der Waals surface area contributed by atoms with Gasteiger partial charge in [0, 0.05) is 25.9 Å². The lowest BCUT2D eigenvalue weighted by Crippen LogP contribution is -2.45. The van der Waals surface area contributed by atoms with Crippen LogP contribution in [-0.2, 0) is 25.6 Å². The van der Waals surface area contributed by atoms with Crippen LogP contribution in [0.15, 0.2) is 47.0 Å². The first kappa shape index (κ1) is 44.0. The number of oxime groups is 1. The monoisotopic (exact) mass is 965 g/mol. The second-order valence-corrected chi connectivity index (χ2v) is 17.0. The Morgan fingerprint density at radius 3 is 2.27 bits per heavy atom. The van der Waals surface area contributed by atoms with Crippen molar-refractivity contribution < 1.29 is 29.0 Å². The van der Waals surface area contributed by atoms with Gasteiger partial charge in [-0.15, -0.1) is 0 Å². The number of rotatable bonds is 24. The molecule has 9 nitrogen and oxygen atoms in total. The first-order valence-electron chi connectivity index (χ1n) is 18.4. The van der Waals surface area contributed by atoms with Crippen molar-refractivity contribution in [1.29, 1.82) is 0 Å². The van der Waals surface area contributed by atoms with Gasteiger partial charge in [0.15, 0.2) is 5.60 Å². The van der Waals surface area contributed by atoms with Gasteiger partial charge in [0.25, 0.3) is 5.91 Å². The highest BCUT2D eigenvalue weighted by Gasteiger charge is 2.50. The Labute approximate surface area is 338 Å². The summed E-state index contributed by atoms with van der Waals surface area (Å²) in [4.78, 5) is 30.7. The number of carbonyl (C=O) groups is 2. The highest BCUT2D eigenvalue weighted by molar-refractivity contribution is 9.12. The minimum Gasteiger partial charge on any atom is -0.495 e. The SMILES string of the molecule is CCCCCCC(C)CCCCCCCCC(=O)NCCc1cc(Br)c(OCCCNC(=O)C2=NO[C@]3(C=C(Br)C(OC)=C(Br)[C@@H]3O)C2)c(Br)c1. The molecule has 3 atom stereocenters. The van der Waals surface area contributed by atoms with Gasteiger partial charge >= 0.3 is 0 Å². The van der Waals surface area contributed by atoms with Crippen molar-refractivity contribution in [2.75, 3.05) is 26.8 Å². The molecule has 51 heavy (non-hydrogen) atoms.